The Hall–Kier alpha value is -1.95. The van der Waals surface area contributed by atoms with Crippen LogP contribution in [0.5, 0.6) is 17.2 Å². The third-order valence-corrected chi connectivity index (χ3v) is 5.12. The number of nitrogens with two attached hydrogens (primary N) is 1. The van der Waals surface area contributed by atoms with E-state index in [1.54, 1.807) is 21.3 Å². The average molecular weight is 350 g/mol. The van der Waals surface area contributed by atoms with Gasteiger partial charge in [-0.1, -0.05) is 12.8 Å². The van der Waals surface area contributed by atoms with Gasteiger partial charge in [0.1, 0.15) is 0 Å². The monoisotopic (exact) mass is 350 g/mol. The summed E-state index contributed by atoms with van der Waals surface area (Å²) in [6.45, 7) is 3.91. The summed E-state index contributed by atoms with van der Waals surface area (Å²) in [5.74, 6) is 1.52. The Morgan fingerprint density at radius 2 is 1.80 bits per heavy atom. The lowest BCUT2D eigenvalue weighted by atomic mass is 9.74. The Morgan fingerprint density at radius 3 is 2.28 bits per heavy atom. The Labute approximate surface area is 150 Å². The van der Waals surface area contributed by atoms with Crippen molar-refractivity contribution in [1.29, 1.82) is 0 Å². The van der Waals surface area contributed by atoms with Gasteiger partial charge < -0.3 is 25.3 Å². The number of ether oxygens (including phenoxy) is 3. The number of hydrogen-bond acceptors (Lipinski definition) is 5. The molecule has 6 heteroatoms. The molecule has 1 fully saturated rings. The molecule has 1 saturated carbocycles. The lowest BCUT2D eigenvalue weighted by molar-refractivity contribution is -0.128. The Balaban J connectivity index is 2.20. The molecular formula is C19H30N2O4. The van der Waals surface area contributed by atoms with Crippen LogP contribution in [0.15, 0.2) is 12.1 Å². The second-order valence-electron chi connectivity index (χ2n) is 6.99. The summed E-state index contributed by atoms with van der Waals surface area (Å²) < 4.78 is 16.1. The fourth-order valence-electron chi connectivity index (χ4n) is 3.54. The van der Waals surface area contributed by atoms with Gasteiger partial charge in [-0.2, -0.15) is 0 Å². The molecule has 1 aromatic carbocycles. The van der Waals surface area contributed by atoms with Crippen molar-refractivity contribution in [1.82, 2.24) is 5.32 Å². The van der Waals surface area contributed by atoms with E-state index >= 15 is 0 Å². The molecule has 140 valence electrons. The quantitative estimate of drug-likeness (QED) is 0.824. The zero-order valence-corrected chi connectivity index (χ0v) is 15.8. The average Bonchev–Trinajstić information content (AvgIpc) is 2.59. The minimum atomic E-state index is -0.447. The first kappa shape index (κ1) is 19.4. The number of carbonyl (C=O) groups excluding carboxylic acids is 1. The highest BCUT2D eigenvalue weighted by molar-refractivity contribution is 5.80. The summed E-state index contributed by atoms with van der Waals surface area (Å²) in [7, 11) is 4.72. The Morgan fingerprint density at radius 1 is 1.20 bits per heavy atom. The van der Waals surface area contributed by atoms with E-state index in [-0.39, 0.29) is 17.9 Å². The van der Waals surface area contributed by atoms with Gasteiger partial charge in [0, 0.05) is 5.54 Å². The van der Waals surface area contributed by atoms with E-state index in [0.717, 1.165) is 31.2 Å². The molecule has 0 radical (unpaired) electrons. The summed E-state index contributed by atoms with van der Waals surface area (Å²) >= 11 is 0. The molecule has 1 aliphatic rings. The van der Waals surface area contributed by atoms with Crippen LogP contribution in [-0.4, -0.2) is 32.8 Å². The predicted molar refractivity (Wildman–Crippen MR) is 97.2 cm³/mol. The molecule has 3 N–H and O–H groups in total. The topological polar surface area (TPSA) is 82.8 Å². The Bertz CT molecular complexity index is 590. The number of amides is 1. The first-order valence-corrected chi connectivity index (χ1v) is 8.73. The van der Waals surface area contributed by atoms with Gasteiger partial charge in [0.2, 0.25) is 11.7 Å². The van der Waals surface area contributed by atoms with Gasteiger partial charge in [0.15, 0.2) is 11.5 Å². The van der Waals surface area contributed by atoms with Crippen LogP contribution in [0.3, 0.4) is 0 Å². The van der Waals surface area contributed by atoms with Gasteiger partial charge in [0.05, 0.1) is 33.3 Å². The van der Waals surface area contributed by atoms with E-state index in [9.17, 15) is 4.79 Å². The van der Waals surface area contributed by atoms with Crippen LogP contribution in [0.2, 0.25) is 0 Å². The minimum Gasteiger partial charge on any atom is -0.493 e. The molecular weight excluding hydrogens is 320 g/mol. The Kier molecular flexibility index (Phi) is 6.16. The molecule has 0 bridgehead atoms. The zero-order valence-electron chi connectivity index (χ0n) is 15.8. The fourth-order valence-corrected chi connectivity index (χ4v) is 3.54. The van der Waals surface area contributed by atoms with Gasteiger partial charge >= 0.3 is 0 Å². The number of benzene rings is 1. The number of hydrogen-bond donors (Lipinski definition) is 2. The lowest BCUT2D eigenvalue weighted by Crippen LogP contribution is -2.53. The lowest BCUT2D eigenvalue weighted by Gasteiger charge is -2.37. The highest BCUT2D eigenvalue weighted by atomic mass is 16.5. The summed E-state index contributed by atoms with van der Waals surface area (Å²) in [5, 5.41) is 3.09. The SMILES string of the molecule is COc1cc(C(C)NC(=O)C2CCCCC2(C)N)cc(OC)c1OC. The number of rotatable bonds is 6. The first-order valence-electron chi connectivity index (χ1n) is 8.73. The van der Waals surface area contributed by atoms with Crippen LogP contribution < -0.4 is 25.3 Å². The van der Waals surface area contributed by atoms with Gasteiger partial charge in [0.25, 0.3) is 0 Å². The van der Waals surface area contributed by atoms with Crippen molar-refractivity contribution >= 4 is 5.91 Å². The van der Waals surface area contributed by atoms with E-state index in [0.29, 0.717) is 17.2 Å². The molecule has 0 aliphatic heterocycles. The van der Waals surface area contributed by atoms with Crippen LogP contribution in [-0.2, 0) is 4.79 Å². The van der Waals surface area contributed by atoms with E-state index in [1.807, 2.05) is 26.0 Å². The largest absolute Gasteiger partial charge is 0.493 e. The number of carbonyl (C=O) groups is 1. The van der Waals surface area contributed by atoms with Crippen molar-refractivity contribution < 1.29 is 19.0 Å². The molecule has 3 unspecified atom stereocenters. The van der Waals surface area contributed by atoms with Gasteiger partial charge in [-0.3, -0.25) is 4.79 Å². The molecule has 0 aromatic heterocycles. The molecule has 1 aliphatic carbocycles. The highest BCUT2D eigenvalue weighted by Gasteiger charge is 2.38. The van der Waals surface area contributed by atoms with Crippen molar-refractivity contribution in [3.8, 4) is 17.2 Å². The molecule has 6 nitrogen and oxygen atoms in total. The molecule has 2 rings (SSSR count). The van der Waals surface area contributed by atoms with Gasteiger partial charge in [-0.05, 0) is 44.4 Å². The van der Waals surface area contributed by atoms with E-state index < -0.39 is 5.54 Å². The second-order valence-corrected chi connectivity index (χ2v) is 6.99. The first-order chi connectivity index (χ1) is 11.8. The molecule has 0 saturated heterocycles. The maximum Gasteiger partial charge on any atom is 0.225 e. The maximum absolute atomic E-state index is 12.8. The van der Waals surface area contributed by atoms with Crippen molar-refractivity contribution in [2.24, 2.45) is 11.7 Å². The van der Waals surface area contributed by atoms with E-state index in [2.05, 4.69) is 5.32 Å². The standard InChI is InChI=1S/C19H30N2O4/c1-12(21-18(22)14-8-6-7-9-19(14,2)20)13-10-15(23-3)17(25-5)16(11-13)24-4/h10-12,14H,6-9,20H2,1-5H3,(H,21,22). The number of nitrogens with one attached hydrogen (secondary N) is 1. The van der Waals surface area contributed by atoms with Crippen molar-refractivity contribution in [3.63, 3.8) is 0 Å². The third-order valence-electron chi connectivity index (χ3n) is 5.12. The summed E-state index contributed by atoms with van der Waals surface area (Å²) in [6.07, 6.45) is 3.84. The van der Waals surface area contributed by atoms with Crippen molar-refractivity contribution in [3.05, 3.63) is 17.7 Å². The number of methoxy groups -OCH3 is 3. The summed E-state index contributed by atoms with van der Waals surface area (Å²) in [6, 6.07) is 3.52. The summed E-state index contributed by atoms with van der Waals surface area (Å²) in [5.41, 5.74) is 6.79. The molecule has 25 heavy (non-hydrogen) atoms. The highest BCUT2D eigenvalue weighted by Crippen LogP contribution is 2.40. The molecule has 1 aromatic rings. The predicted octanol–water partition coefficient (Wildman–Crippen LogP) is 2.80. The fraction of sp³-hybridized carbons (Fsp3) is 0.632. The zero-order chi connectivity index (χ0) is 18.6. The molecule has 0 spiro atoms. The van der Waals surface area contributed by atoms with E-state index in [4.69, 9.17) is 19.9 Å². The third kappa shape index (κ3) is 4.18. The van der Waals surface area contributed by atoms with Crippen molar-refractivity contribution in [2.75, 3.05) is 21.3 Å². The maximum atomic E-state index is 12.8. The van der Waals surface area contributed by atoms with Crippen LogP contribution in [0.4, 0.5) is 0 Å². The van der Waals surface area contributed by atoms with Gasteiger partial charge in [-0.25, -0.2) is 0 Å². The van der Waals surface area contributed by atoms with Crippen LogP contribution in [0.25, 0.3) is 0 Å². The second kappa shape index (κ2) is 7.95. The molecule has 0 heterocycles. The van der Waals surface area contributed by atoms with Crippen LogP contribution in [0.1, 0.15) is 51.1 Å². The van der Waals surface area contributed by atoms with E-state index in [1.165, 1.54) is 0 Å². The smallest absolute Gasteiger partial charge is 0.225 e. The molecule has 3 atom stereocenters. The van der Waals surface area contributed by atoms with Crippen LogP contribution >= 0.6 is 0 Å². The summed E-state index contributed by atoms with van der Waals surface area (Å²) in [4.78, 5) is 12.8. The van der Waals surface area contributed by atoms with Gasteiger partial charge in [-0.15, -0.1) is 0 Å². The minimum absolute atomic E-state index is 0.00551. The van der Waals surface area contributed by atoms with Crippen molar-refractivity contribution in [2.45, 2.75) is 51.1 Å². The molecule has 1 amide bonds. The normalized spacial score (nSPS) is 24.3. The van der Waals surface area contributed by atoms with Crippen LogP contribution in [0, 0.1) is 5.92 Å².